The molecule has 0 fully saturated rings. The van der Waals surface area contributed by atoms with Crippen LogP contribution in [0.3, 0.4) is 0 Å². The van der Waals surface area contributed by atoms with Gasteiger partial charge in [-0.05, 0) is 36.7 Å². The van der Waals surface area contributed by atoms with Gasteiger partial charge >= 0.3 is 0 Å². The van der Waals surface area contributed by atoms with Crippen molar-refractivity contribution in [3.8, 4) is 0 Å². The quantitative estimate of drug-likeness (QED) is 0.835. The zero-order valence-electron chi connectivity index (χ0n) is 11.1. The van der Waals surface area contributed by atoms with E-state index in [2.05, 4.69) is 11.4 Å². The number of likely N-dealkylation sites (N-methyl/N-ethyl adjacent to an activating group) is 1. The number of hydrogen-bond donors (Lipinski definition) is 2. The molecule has 1 aromatic heterocycles. The molecule has 0 atom stereocenters. The van der Waals surface area contributed by atoms with Crippen LogP contribution in [-0.2, 0) is 11.3 Å². The van der Waals surface area contributed by atoms with Crippen molar-refractivity contribution in [1.29, 1.82) is 0 Å². The molecule has 0 saturated heterocycles. The SMILES string of the molecule is CN(CC(=O)Nc1ccc(N)cc1Cl)Cc1cccs1. The van der Waals surface area contributed by atoms with Gasteiger partial charge in [0.1, 0.15) is 0 Å². The monoisotopic (exact) mass is 309 g/mol. The Morgan fingerprint density at radius 3 is 2.90 bits per heavy atom. The van der Waals surface area contributed by atoms with Crippen LogP contribution in [0, 0.1) is 0 Å². The summed E-state index contributed by atoms with van der Waals surface area (Å²) >= 11 is 7.70. The Balaban J connectivity index is 1.88. The van der Waals surface area contributed by atoms with Gasteiger partial charge in [-0.2, -0.15) is 0 Å². The highest BCUT2D eigenvalue weighted by atomic mass is 35.5. The van der Waals surface area contributed by atoms with Crippen molar-refractivity contribution >= 4 is 40.2 Å². The van der Waals surface area contributed by atoms with Crippen LogP contribution >= 0.6 is 22.9 Å². The summed E-state index contributed by atoms with van der Waals surface area (Å²) in [5.74, 6) is -0.101. The van der Waals surface area contributed by atoms with Crippen molar-refractivity contribution in [1.82, 2.24) is 4.90 Å². The molecule has 0 radical (unpaired) electrons. The van der Waals surface area contributed by atoms with E-state index in [0.717, 1.165) is 6.54 Å². The van der Waals surface area contributed by atoms with Crippen LogP contribution in [-0.4, -0.2) is 24.4 Å². The van der Waals surface area contributed by atoms with Gasteiger partial charge in [-0.1, -0.05) is 17.7 Å². The van der Waals surface area contributed by atoms with Crippen molar-refractivity contribution in [3.63, 3.8) is 0 Å². The number of halogens is 1. The van der Waals surface area contributed by atoms with E-state index >= 15 is 0 Å². The van der Waals surface area contributed by atoms with E-state index < -0.39 is 0 Å². The second-order valence-corrected chi connectivity index (χ2v) is 5.98. The average molecular weight is 310 g/mol. The highest BCUT2D eigenvalue weighted by molar-refractivity contribution is 7.09. The number of benzene rings is 1. The molecule has 0 aliphatic carbocycles. The van der Waals surface area contributed by atoms with Crippen LogP contribution in [0.2, 0.25) is 5.02 Å². The number of nitrogens with two attached hydrogens (primary N) is 1. The van der Waals surface area contributed by atoms with Crippen molar-refractivity contribution in [2.24, 2.45) is 0 Å². The third kappa shape index (κ3) is 4.23. The number of carbonyl (C=O) groups is 1. The number of anilines is 2. The molecule has 0 saturated carbocycles. The minimum Gasteiger partial charge on any atom is -0.399 e. The number of nitrogen functional groups attached to an aromatic ring is 1. The molecule has 6 heteroatoms. The van der Waals surface area contributed by atoms with E-state index in [9.17, 15) is 4.79 Å². The van der Waals surface area contributed by atoms with E-state index in [4.69, 9.17) is 17.3 Å². The van der Waals surface area contributed by atoms with Crippen molar-refractivity contribution < 1.29 is 4.79 Å². The summed E-state index contributed by atoms with van der Waals surface area (Å²) in [7, 11) is 1.91. The number of nitrogens with zero attached hydrogens (tertiary/aromatic N) is 1. The molecule has 1 aromatic carbocycles. The maximum absolute atomic E-state index is 11.9. The van der Waals surface area contributed by atoms with Crippen molar-refractivity contribution in [2.75, 3.05) is 24.6 Å². The minimum atomic E-state index is -0.101. The first-order valence-electron chi connectivity index (χ1n) is 6.10. The highest BCUT2D eigenvalue weighted by Crippen LogP contribution is 2.23. The molecule has 0 unspecified atom stereocenters. The van der Waals surface area contributed by atoms with Crippen LogP contribution in [0.1, 0.15) is 4.88 Å². The zero-order valence-corrected chi connectivity index (χ0v) is 12.7. The van der Waals surface area contributed by atoms with E-state index in [-0.39, 0.29) is 5.91 Å². The van der Waals surface area contributed by atoms with Gasteiger partial charge in [0.05, 0.1) is 17.3 Å². The predicted molar refractivity (Wildman–Crippen MR) is 85.1 cm³/mol. The third-order valence-electron chi connectivity index (χ3n) is 2.69. The Morgan fingerprint density at radius 1 is 1.45 bits per heavy atom. The molecule has 2 rings (SSSR count). The lowest BCUT2D eigenvalue weighted by Crippen LogP contribution is -2.29. The van der Waals surface area contributed by atoms with Crippen LogP contribution in [0.25, 0.3) is 0 Å². The van der Waals surface area contributed by atoms with E-state index in [1.807, 2.05) is 23.4 Å². The Labute approximate surface area is 127 Å². The third-order valence-corrected chi connectivity index (χ3v) is 3.86. The maximum Gasteiger partial charge on any atom is 0.238 e. The van der Waals surface area contributed by atoms with Crippen LogP contribution < -0.4 is 11.1 Å². The Bertz CT molecular complexity index is 586. The Kier molecular flexibility index (Phi) is 5.00. The molecular formula is C14H16ClN3OS. The second-order valence-electron chi connectivity index (χ2n) is 4.54. The topological polar surface area (TPSA) is 58.4 Å². The number of hydrogen-bond acceptors (Lipinski definition) is 4. The standard InChI is InChI=1S/C14H16ClN3OS/c1-18(8-11-3-2-6-20-11)9-14(19)17-13-5-4-10(16)7-12(13)15/h2-7H,8-9,16H2,1H3,(H,17,19). The summed E-state index contributed by atoms with van der Waals surface area (Å²) in [4.78, 5) is 15.1. The van der Waals surface area contributed by atoms with Gasteiger partial charge in [0.15, 0.2) is 0 Å². The first-order chi connectivity index (χ1) is 9.54. The smallest absolute Gasteiger partial charge is 0.238 e. The lowest BCUT2D eigenvalue weighted by molar-refractivity contribution is -0.117. The minimum absolute atomic E-state index is 0.101. The number of thiophene rings is 1. The summed E-state index contributed by atoms with van der Waals surface area (Å²) in [6.45, 7) is 1.05. The molecule has 2 aromatic rings. The lowest BCUT2D eigenvalue weighted by Gasteiger charge is -2.15. The Morgan fingerprint density at radius 2 is 2.25 bits per heavy atom. The summed E-state index contributed by atoms with van der Waals surface area (Å²) in [5.41, 5.74) is 6.76. The largest absolute Gasteiger partial charge is 0.399 e. The summed E-state index contributed by atoms with van der Waals surface area (Å²) in [6.07, 6.45) is 0. The lowest BCUT2D eigenvalue weighted by atomic mass is 10.3. The number of nitrogens with one attached hydrogen (secondary N) is 1. The van der Waals surface area contributed by atoms with Gasteiger partial charge in [-0.25, -0.2) is 0 Å². The summed E-state index contributed by atoms with van der Waals surface area (Å²) in [5, 5.41) is 5.25. The molecule has 106 valence electrons. The fraction of sp³-hybridized carbons (Fsp3) is 0.214. The average Bonchev–Trinajstić information content (AvgIpc) is 2.85. The van der Waals surface area contributed by atoms with Gasteiger partial charge in [0.2, 0.25) is 5.91 Å². The van der Waals surface area contributed by atoms with Crippen molar-refractivity contribution in [3.05, 3.63) is 45.6 Å². The number of amides is 1. The van der Waals surface area contributed by atoms with Gasteiger partial charge in [0, 0.05) is 17.1 Å². The molecule has 0 aliphatic heterocycles. The first kappa shape index (κ1) is 14.8. The second kappa shape index (κ2) is 6.74. The first-order valence-corrected chi connectivity index (χ1v) is 7.36. The summed E-state index contributed by atoms with van der Waals surface area (Å²) in [6, 6.07) is 9.08. The van der Waals surface area contributed by atoms with E-state index in [1.165, 1.54) is 4.88 Å². The molecule has 20 heavy (non-hydrogen) atoms. The van der Waals surface area contributed by atoms with Gasteiger partial charge in [-0.15, -0.1) is 11.3 Å². The molecule has 0 spiro atoms. The molecule has 4 nitrogen and oxygen atoms in total. The van der Waals surface area contributed by atoms with Gasteiger partial charge in [0.25, 0.3) is 0 Å². The molecular weight excluding hydrogens is 294 g/mol. The molecule has 1 amide bonds. The van der Waals surface area contributed by atoms with E-state index in [1.54, 1.807) is 29.5 Å². The maximum atomic E-state index is 11.9. The molecule has 0 aliphatic rings. The zero-order chi connectivity index (χ0) is 14.5. The van der Waals surface area contributed by atoms with Crippen LogP contribution in [0.4, 0.5) is 11.4 Å². The van der Waals surface area contributed by atoms with Gasteiger partial charge in [-0.3, -0.25) is 9.69 Å². The predicted octanol–water partition coefficient (Wildman–Crippen LogP) is 3.05. The van der Waals surface area contributed by atoms with Gasteiger partial charge < -0.3 is 11.1 Å². The molecule has 0 bridgehead atoms. The van der Waals surface area contributed by atoms with Crippen molar-refractivity contribution in [2.45, 2.75) is 6.54 Å². The summed E-state index contributed by atoms with van der Waals surface area (Å²) < 4.78 is 0. The fourth-order valence-electron chi connectivity index (χ4n) is 1.79. The normalized spacial score (nSPS) is 10.8. The molecule has 1 heterocycles. The molecule has 3 N–H and O–H groups in total. The number of rotatable bonds is 5. The Hall–Kier alpha value is -1.56. The van der Waals surface area contributed by atoms with E-state index in [0.29, 0.717) is 22.9 Å². The fourth-order valence-corrected chi connectivity index (χ4v) is 2.81. The number of carbonyl (C=O) groups excluding carboxylic acids is 1. The van der Waals surface area contributed by atoms with Crippen LogP contribution in [0.15, 0.2) is 35.7 Å². The highest BCUT2D eigenvalue weighted by Gasteiger charge is 2.10. The van der Waals surface area contributed by atoms with Crippen LogP contribution in [0.5, 0.6) is 0 Å².